The molecular formula is C15H20N2O3. The van der Waals surface area contributed by atoms with Crippen LogP contribution in [0.5, 0.6) is 0 Å². The molecule has 0 heterocycles. The predicted octanol–water partition coefficient (Wildman–Crippen LogP) is 2.60. The molecule has 0 aromatic heterocycles. The van der Waals surface area contributed by atoms with Gasteiger partial charge in [0.1, 0.15) is 0 Å². The molecule has 0 aliphatic carbocycles. The Kier molecular flexibility index (Phi) is 7.57. The summed E-state index contributed by atoms with van der Waals surface area (Å²) in [6.07, 6.45) is 5.82. The van der Waals surface area contributed by atoms with Crippen LogP contribution < -0.4 is 10.6 Å². The van der Waals surface area contributed by atoms with E-state index in [0.29, 0.717) is 13.0 Å². The minimum absolute atomic E-state index is 0.187. The number of nitrogens with one attached hydrogen (secondary N) is 2. The molecule has 0 radical (unpaired) electrons. The lowest BCUT2D eigenvalue weighted by atomic mass is 10.2. The summed E-state index contributed by atoms with van der Waals surface area (Å²) in [5, 5.41) is 13.8. The summed E-state index contributed by atoms with van der Waals surface area (Å²) in [7, 11) is 0. The van der Waals surface area contributed by atoms with Crippen LogP contribution in [0.1, 0.15) is 31.2 Å². The van der Waals surface area contributed by atoms with Gasteiger partial charge in [-0.25, -0.2) is 4.79 Å². The fraction of sp³-hybridized carbons (Fsp3) is 0.333. The smallest absolute Gasteiger partial charge is 0.318 e. The molecule has 108 valence electrons. The standard InChI is InChI=1S/C15H20N2O3/c18-14(19)9-5-2-6-11-16-15(20)17-12-10-13-7-3-1-4-8-13/h1,3-4,7-8,10,12H,2,5-6,9,11H2,(H,18,19)(H2,16,17,20)/b12-10+. The SMILES string of the molecule is O=C(O)CCCCCNC(=O)N/C=C/c1ccccc1. The van der Waals surface area contributed by atoms with Crippen LogP contribution in [0.3, 0.4) is 0 Å². The third-order valence-corrected chi connectivity index (χ3v) is 2.64. The minimum Gasteiger partial charge on any atom is -0.481 e. The topological polar surface area (TPSA) is 78.4 Å². The van der Waals surface area contributed by atoms with Crippen LogP contribution in [-0.4, -0.2) is 23.7 Å². The third-order valence-electron chi connectivity index (χ3n) is 2.64. The van der Waals surface area contributed by atoms with Crippen molar-refractivity contribution < 1.29 is 14.7 Å². The Balaban J connectivity index is 2.06. The number of carboxylic acid groups (broad SMARTS) is 1. The van der Waals surface area contributed by atoms with Crippen molar-refractivity contribution in [1.82, 2.24) is 10.6 Å². The first-order valence-electron chi connectivity index (χ1n) is 6.66. The van der Waals surface area contributed by atoms with Crippen LogP contribution in [0.25, 0.3) is 6.08 Å². The Morgan fingerprint density at radius 3 is 2.55 bits per heavy atom. The van der Waals surface area contributed by atoms with Crippen LogP contribution >= 0.6 is 0 Å². The Hall–Kier alpha value is -2.30. The van der Waals surface area contributed by atoms with Gasteiger partial charge in [-0.05, 0) is 24.5 Å². The molecule has 0 aliphatic heterocycles. The van der Waals surface area contributed by atoms with Crippen LogP contribution in [0.15, 0.2) is 36.5 Å². The van der Waals surface area contributed by atoms with Crippen molar-refractivity contribution in [3.63, 3.8) is 0 Å². The van der Waals surface area contributed by atoms with Crippen LogP contribution in [0, 0.1) is 0 Å². The lowest BCUT2D eigenvalue weighted by molar-refractivity contribution is -0.137. The minimum atomic E-state index is -0.776. The van der Waals surface area contributed by atoms with Gasteiger partial charge in [-0.1, -0.05) is 36.8 Å². The molecule has 0 saturated heterocycles. The summed E-state index contributed by atoms with van der Waals surface area (Å²) in [6.45, 7) is 0.546. The van der Waals surface area contributed by atoms with E-state index in [4.69, 9.17) is 5.11 Å². The van der Waals surface area contributed by atoms with Crippen molar-refractivity contribution >= 4 is 18.1 Å². The van der Waals surface area contributed by atoms with Gasteiger partial charge in [-0.3, -0.25) is 4.79 Å². The van der Waals surface area contributed by atoms with E-state index in [0.717, 1.165) is 18.4 Å². The highest BCUT2D eigenvalue weighted by Crippen LogP contribution is 2.00. The molecular weight excluding hydrogens is 256 g/mol. The maximum atomic E-state index is 11.4. The predicted molar refractivity (Wildman–Crippen MR) is 78.1 cm³/mol. The zero-order chi connectivity index (χ0) is 14.6. The largest absolute Gasteiger partial charge is 0.481 e. The molecule has 1 rings (SSSR count). The summed E-state index contributed by atoms with van der Waals surface area (Å²) in [5.74, 6) is -0.776. The van der Waals surface area contributed by atoms with Crippen molar-refractivity contribution in [1.29, 1.82) is 0 Å². The van der Waals surface area contributed by atoms with Gasteiger partial charge in [0.25, 0.3) is 0 Å². The monoisotopic (exact) mass is 276 g/mol. The molecule has 0 atom stereocenters. The van der Waals surface area contributed by atoms with E-state index in [2.05, 4.69) is 10.6 Å². The Morgan fingerprint density at radius 2 is 1.85 bits per heavy atom. The number of carbonyl (C=O) groups is 2. The number of amides is 2. The molecule has 3 N–H and O–H groups in total. The highest BCUT2D eigenvalue weighted by Gasteiger charge is 1.98. The molecule has 0 bridgehead atoms. The number of hydrogen-bond donors (Lipinski definition) is 3. The number of carboxylic acids is 1. The van der Waals surface area contributed by atoms with Crippen molar-refractivity contribution in [3.05, 3.63) is 42.1 Å². The van der Waals surface area contributed by atoms with Crippen molar-refractivity contribution in [2.75, 3.05) is 6.54 Å². The van der Waals surface area contributed by atoms with Gasteiger partial charge in [0.2, 0.25) is 0 Å². The van der Waals surface area contributed by atoms with Gasteiger partial charge in [0.15, 0.2) is 0 Å². The number of rotatable bonds is 8. The normalized spacial score (nSPS) is 10.4. The van der Waals surface area contributed by atoms with E-state index in [1.54, 1.807) is 6.20 Å². The van der Waals surface area contributed by atoms with Gasteiger partial charge in [-0.15, -0.1) is 0 Å². The van der Waals surface area contributed by atoms with E-state index in [9.17, 15) is 9.59 Å². The second-order valence-electron chi connectivity index (χ2n) is 4.35. The van der Waals surface area contributed by atoms with Crippen LogP contribution in [0.2, 0.25) is 0 Å². The molecule has 1 aromatic carbocycles. The fourth-order valence-corrected chi connectivity index (χ4v) is 1.61. The van der Waals surface area contributed by atoms with Crippen molar-refractivity contribution in [2.45, 2.75) is 25.7 Å². The number of hydrogen-bond acceptors (Lipinski definition) is 2. The quantitative estimate of drug-likeness (QED) is 0.639. The number of aliphatic carboxylic acids is 1. The summed E-state index contributed by atoms with van der Waals surface area (Å²) >= 11 is 0. The molecule has 0 fully saturated rings. The van der Waals surface area contributed by atoms with Gasteiger partial charge in [-0.2, -0.15) is 0 Å². The maximum absolute atomic E-state index is 11.4. The Labute approximate surface area is 118 Å². The van der Waals surface area contributed by atoms with Gasteiger partial charge >= 0.3 is 12.0 Å². The lowest BCUT2D eigenvalue weighted by Gasteiger charge is -2.04. The summed E-state index contributed by atoms with van der Waals surface area (Å²) in [6, 6.07) is 9.42. The molecule has 20 heavy (non-hydrogen) atoms. The highest BCUT2D eigenvalue weighted by molar-refractivity contribution is 5.75. The average Bonchev–Trinajstić information content (AvgIpc) is 2.43. The van der Waals surface area contributed by atoms with E-state index < -0.39 is 5.97 Å². The second kappa shape index (κ2) is 9.61. The van der Waals surface area contributed by atoms with Crippen LogP contribution in [-0.2, 0) is 4.79 Å². The Morgan fingerprint density at radius 1 is 1.10 bits per heavy atom. The van der Waals surface area contributed by atoms with Gasteiger partial charge in [0, 0.05) is 19.2 Å². The number of unbranched alkanes of at least 4 members (excludes halogenated alkanes) is 2. The second-order valence-corrected chi connectivity index (χ2v) is 4.35. The number of urea groups is 1. The highest BCUT2D eigenvalue weighted by atomic mass is 16.4. The molecule has 0 unspecified atom stereocenters. The van der Waals surface area contributed by atoms with Crippen molar-refractivity contribution in [3.8, 4) is 0 Å². The van der Waals surface area contributed by atoms with E-state index in [1.165, 1.54) is 0 Å². The lowest BCUT2D eigenvalue weighted by Crippen LogP contribution is -2.32. The maximum Gasteiger partial charge on any atom is 0.318 e. The average molecular weight is 276 g/mol. The van der Waals surface area contributed by atoms with E-state index >= 15 is 0 Å². The van der Waals surface area contributed by atoms with Gasteiger partial charge in [0.05, 0.1) is 0 Å². The zero-order valence-corrected chi connectivity index (χ0v) is 11.3. The molecule has 1 aromatic rings. The van der Waals surface area contributed by atoms with Crippen molar-refractivity contribution in [2.24, 2.45) is 0 Å². The summed E-state index contributed by atoms with van der Waals surface area (Å²) < 4.78 is 0. The molecule has 5 heteroatoms. The number of benzene rings is 1. The van der Waals surface area contributed by atoms with Crippen LogP contribution in [0.4, 0.5) is 4.79 Å². The first kappa shape index (κ1) is 15.8. The Bertz CT molecular complexity index is 444. The van der Waals surface area contributed by atoms with Gasteiger partial charge < -0.3 is 15.7 Å². The molecule has 0 saturated carbocycles. The first-order chi connectivity index (χ1) is 9.68. The first-order valence-corrected chi connectivity index (χ1v) is 6.66. The summed E-state index contributed by atoms with van der Waals surface area (Å²) in [4.78, 5) is 21.7. The number of carbonyl (C=O) groups excluding carboxylic acids is 1. The third kappa shape index (κ3) is 7.92. The molecule has 2 amide bonds. The van der Waals surface area contributed by atoms with E-state index in [-0.39, 0.29) is 12.5 Å². The zero-order valence-electron chi connectivity index (χ0n) is 11.3. The fourth-order valence-electron chi connectivity index (χ4n) is 1.61. The molecule has 0 aliphatic rings. The summed E-state index contributed by atoms with van der Waals surface area (Å²) in [5.41, 5.74) is 1.02. The molecule has 5 nitrogen and oxygen atoms in total. The molecule has 0 spiro atoms. The van der Waals surface area contributed by atoms with E-state index in [1.807, 2.05) is 36.4 Å².